The number of unbranched alkanes of at least 4 members (excludes halogenated alkanes) is 1. The predicted octanol–water partition coefficient (Wildman–Crippen LogP) is 2.69. The first kappa shape index (κ1) is 13.3. The highest BCUT2D eigenvalue weighted by atomic mass is 16.5. The molecule has 0 radical (unpaired) electrons. The Morgan fingerprint density at radius 3 is 2.84 bits per heavy atom. The van der Waals surface area contributed by atoms with Crippen molar-refractivity contribution in [3.05, 3.63) is 28.6 Å². The van der Waals surface area contributed by atoms with Crippen LogP contribution in [0.25, 0.3) is 11.0 Å². The van der Waals surface area contributed by atoms with Gasteiger partial charge in [0.15, 0.2) is 5.75 Å². The quantitative estimate of drug-likeness (QED) is 0.664. The van der Waals surface area contributed by atoms with Gasteiger partial charge in [0, 0.05) is 0 Å². The van der Waals surface area contributed by atoms with Crippen LogP contribution in [0.4, 0.5) is 0 Å². The first-order valence-electron chi connectivity index (χ1n) is 6.14. The van der Waals surface area contributed by atoms with E-state index < -0.39 is 5.63 Å². The Balaban J connectivity index is 2.56. The van der Waals surface area contributed by atoms with Crippen molar-refractivity contribution in [2.75, 3.05) is 13.7 Å². The number of fused-ring (bicyclic) bond motifs is 1. The molecular weight excluding hydrogens is 248 g/mol. The predicted molar refractivity (Wildman–Crippen MR) is 71.1 cm³/mol. The molecule has 0 aliphatic rings. The molecule has 2 rings (SSSR count). The largest absolute Gasteiger partial charge is 0.503 e. The van der Waals surface area contributed by atoms with Crippen molar-refractivity contribution in [3.63, 3.8) is 0 Å². The molecule has 5 heteroatoms. The third-order valence-corrected chi connectivity index (χ3v) is 2.79. The fourth-order valence-electron chi connectivity index (χ4n) is 1.80. The molecule has 0 fully saturated rings. The van der Waals surface area contributed by atoms with Crippen molar-refractivity contribution in [3.8, 4) is 17.2 Å². The highest BCUT2D eigenvalue weighted by molar-refractivity contribution is 5.91. The summed E-state index contributed by atoms with van der Waals surface area (Å²) in [6.07, 6.45) is 1.73. The van der Waals surface area contributed by atoms with Gasteiger partial charge >= 0.3 is 5.63 Å². The fraction of sp³-hybridized carbons (Fsp3) is 0.357. The van der Waals surface area contributed by atoms with Crippen molar-refractivity contribution in [1.29, 1.82) is 0 Å². The second-order valence-electron chi connectivity index (χ2n) is 4.10. The third-order valence-electron chi connectivity index (χ3n) is 2.79. The zero-order valence-corrected chi connectivity index (χ0v) is 10.9. The van der Waals surface area contributed by atoms with Gasteiger partial charge in [0.05, 0.1) is 13.7 Å². The van der Waals surface area contributed by atoms with E-state index >= 15 is 0 Å². The molecule has 19 heavy (non-hydrogen) atoms. The van der Waals surface area contributed by atoms with Gasteiger partial charge in [0.2, 0.25) is 5.75 Å². The van der Waals surface area contributed by atoms with Gasteiger partial charge in [-0.1, -0.05) is 19.4 Å². The van der Waals surface area contributed by atoms with Crippen molar-refractivity contribution < 1.29 is 19.0 Å². The van der Waals surface area contributed by atoms with Crippen LogP contribution in [0.5, 0.6) is 17.2 Å². The Hall–Kier alpha value is -2.17. The fourth-order valence-corrected chi connectivity index (χ4v) is 1.80. The maximum Gasteiger partial charge on any atom is 0.383 e. The summed E-state index contributed by atoms with van der Waals surface area (Å²) in [4.78, 5) is 11.8. The second kappa shape index (κ2) is 5.65. The SMILES string of the molecule is CCCCOc1c(O)c2c(OC)cccc2oc1=O. The highest BCUT2D eigenvalue weighted by Gasteiger charge is 2.18. The van der Waals surface area contributed by atoms with Crippen molar-refractivity contribution in [1.82, 2.24) is 0 Å². The smallest absolute Gasteiger partial charge is 0.383 e. The molecule has 0 unspecified atom stereocenters. The lowest BCUT2D eigenvalue weighted by atomic mass is 10.2. The van der Waals surface area contributed by atoms with Crippen molar-refractivity contribution in [2.24, 2.45) is 0 Å². The summed E-state index contributed by atoms with van der Waals surface area (Å²) >= 11 is 0. The van der Waals surface area contributed by atoms with Crippen LogP contribution in [0.3, 0.4) is 0 Å². The van der Waals surface area contributed by atoms with Crippen LogP contribution < -0.4 is 15.1 Å². The molecule has 0 aliphatic carbocycles. The van der Waals surface area contributed by atoms with Crippen LogP contribution in [0, 0.1) is 0 Å². The Labute approximate surface area is 110 Å². The summed E-state index contributed by atoms with van der Waals surface area (Å²) in [6, 6.07) is 4.95. The molecule has 1 aromatic carbocycles. The van der Waals surface area contributed by atoms with Crippen LogP contribution in [-0.4, -0.2) is 18.8 Å². The molecule has 1 aromatic heterocycles. The van der Waals surface area contributed by atoms with E-state index in [1.807, 2.05) is 6.92 Å². The second-order valence-corrected chi connectivity index (χ2v) is 4.10. The molecule has 102 valence electrons. The molecular formula is C14H16O5. The van der Waals surface area contributed by atoms with E-state index in [1.54, 1.807) is 18.2 Å². The number of benzene rings is 1. The van der Waals surface area contributed by atoms with E-state index in [4.69, 9.17) is 13.9 Å². The van der Waals surface area contributed by atoms with Gasteiger partial charge < -0.3 is 19.0 Å². The summed E-state index contributed by atoms with van der Waals surface area (Å²) < 4.78 is 15.6. The molecule has 0 saturated carbocycles. The summed E-state index contributed by atoms with van der Waals surface area (Å²) in [5.41, 5.74) is -0.418. The van der Waals surface area contributed by atoms with Crippen molar-refractivity contribution in [2.45, 2.75) is 19.8 Å². The lowest BCUT2D eigenvalue weighted by Gasteiger charge is -2.10. The summed E-state index contributed by atoms with van der Waals surface area (Å²) in [6.45, 7) is 2.37. The van der Waals surface area contributed by atoms with E-state index in [9.17, 15) is 9.90 Å². The number of aromatic hydroxyl groups is 1. The first-order valence-corrected chi connectivity index (χ1v) is 6.14. The van der Waals surface area contributed by atoms with Gasteiger partial charge in [0.1, 0.15) is 16.7 Å². The number of methoxy groups -OCH3 is 1. The molecule has 2 aromatic rings. The minimum atomic E-state index is -0.686. The van der Waals surface area contributed by atoms with E-state index in [-0.39, 0.29) is 17.1 Å². The van der Waals surface area contributed by atoms with E-state index in [0.29, 0.717) is 17.7 Å². The topological polar surface area (TPSA) is 68.9 Å². The van der Waals surface area contributed by atoms with E-state index in [2.05, 4.69) is 0 Å². The molecule has 1 N–H and O–H groups in total. The maximum atomic E-state index is 11.8. The number of hydrogen-bond donors (Lipinski definition) is 1. The monoisotopic (exact) mass is 264 g/mol. The first-order chi connectivity index (χ1) is 9.19. The average Bonchev–Trinajstić information content (AvgIpc) is 2.41. The molecule has 0 atom stereocenters. The molecule has 0 amide bonds. The van der Waals surface area contributed by atoms with Crippen LogP contribution in [0.2, 0.25) is 0 Å². The Morgan fingerprint density at radius 2 is 2.16 bits per heavy atom. The Kier molecular flexibility index (Phi) is 3.94. The standard InChI is InChI=1S/C14H16O5/c1-3-4-8-18-13-12(15)11-9(17-2)6-5-7-10(11)19-14(13)16/h5-7,15H,3-4,8H2,1-2H3. The zero-order valence-electron chi connectivity index (χ0n) is 10.9. The van der Waals surface area contributed by atoms with Crippen LogP contribution in [-0.2, 0) is 0 Å². The zero-order chi connectivity index (χ0) is 13.8. The van der Waals surface area contributed by atoms with Gasteiger partial charge in [0.25, 0.3) is 0 Å². The van der Waals surface area contributed by atoms with Crippen LogP contribution in [0.1, 0.15) is 19.8 Å². The number of hydrogen-bond acceptors (Lipinski definition) is 5. The van der Waals surface area contributed by atoms with Gasteiger partial charge in [-0.25, -0.2) is 4.79 Å². The lowest BCUT2D eigenvalue weighted by Crippen LogP contribution is -2.08. The molecule has 0 saturated heterocycles. The molecule has 0 aliphatic heterocycles. The van der Waals surface area contributed by atoms with Crippen LogP contribution in [0.15, 0.2) is 27.4 Å². The normalized spacial score (nSPS) is 10.6. The van der Waals surface area contributed by atoms with E-state index in [0.717, 1.165) is 12.8 Å². The van der Waals surface area contributed by atoms with E-state index in [1.165, 1.54) is 7.11 Å². The van der Waals surface area contributed by atoms with Gasteiger partial charge in [-0.15, -0.1) is 0 Å². The maximum absolute atomic E-state index is 11.8. The van der Waals surface area contributed by atoms with Gasteiger partial charge in [-0.05, 0) is 18.6 Å². The third kappa shape index (κ3) is 2.50. The molecule has 0 bridgehead atoms. The van der Waals surface area contributed by atoms with Crippen LogP contribution >= 0.6 is 0 Å². The number of ether oxygens (including phenoxy) is 2. The Bertz CT molecular complexity index is 630. The Morgan fingerprint density at radius 1 is 1.37 bits per heavy atom. The minimum absolute atomic E-state index is 0.162. The average molecular weight is 264 g/mol. The summed E-state index contributed by atoms with van der Waals surface area (Å²) in [5, 5.41) is 10.5. The molecule has 5 nitrogen and oxygen atoms in total. The lowest BCUT2D eigenvalue weighted by molar-refractivity contribution is 0.278. The molecule has 1 heterocycles. The van der Waals surface area contributed by atoms with Crippen molar-refractivity contribution >= 4 is 11.0 Å². The highest BCUT2D eigenvalue weighted by Crippen LogP contribution is 2.37. The summed E-state index contributed by atoms with van der Waals surface area (Å²) in [7, 11) is 1.48. The van der Waals surface area contributed by atoms with Gasteiger partial charge in [-0.2, -0.15) is 0 Å². The number of rotatable bonds is 5. The van der Waals surface area contributed by atoms with Gasteiger partial charge in [-0.3, -0.25) is 0 Å². The minimum Gasteiger partial charge on any atom is -0.503 e. The summed E-state index contributed by atoms with van der Waals surface area (Å²) in [5.74, 6) is 0.0318. The molecule has 0 spiro atoms.